The molecular formula is C27H34N8O. The zero-order valence-electron chi connectivity index (χ0n) is 21.9. The fraction of sp³-hybridized carbons (Fsp3) is 0.407. The third-order valence-electron chi connectivity index (χ3n) is 7.23. The smallest absolute Gasteiger partial charge is 0.344 e. The van der Waals surface area contributed by atoms with E-state index in [1.54, 1.807) is 26.5 Å². The Labute approximate surface area is 211 Å². The average molecular weight is 487 g/mol. The van der Waals surface area contributed by atoms with Crippen molar-refractivity contribution < 1.29 is 4.79 Å². The van der Waals surface area contributed by atoms with Gasteiger partial charge in [-0.2, -0.15) is 9.78 Å². The molecule has 4 heterocycles. The van der Waals surface area contributed by atoms with Crippen molar-refractivity contribution >= 4 is 22.9 Å². The van der Waals surface area contributed by atoms with Gasteiger partial charge < -0.3 is 19.7 Å². The van der Waals surface area contributed by atoms with E-state index < -0.39 is 0 Å². The first kappa shape index (κ1) is 24.0. The van der Waals surface area contributed by atoms with Gasteiger partial charge in [-0.3, -0.25) is 0 Å². The molecule has 1 aromatic carbocycles. The Hall–Kier alpha value is -3.72. The van der Waals surface area contributed by atoms with Crippen LogP contribution in [-0.4, -0.2) is 81.3 Å². The quantitative estimate of drug-likeness (QED) is 0.443. The number of hydrogen-bond acceptors (Lipinski definition) is 6. The first-order chi connectivity index (χ1) is 17.2. The number of hydrogen-bond donors (Lipinski definition) is 1. The van der Waals surface area contributed by atoms with Gasteiger partial charge in [0.15, 0.2) is 5.65 Å². The topological polar surface area (TPSA) is 86.2 Å². The van der Waals surface area contributed by atoms with Crippen molar-refractivity contribution in [3.05, 3.63) is 48.5 Å². The van der Waals surface area contributed by atoms with Crippen molar-refractivity contribution in [3.8, 4) is 22.4 Å². The molecule has 188 valence electrons. The predicted octanol–water partition coefficient (Wildman–Crippen LogP) is 4.63. The molecule has 1 aliphatic rings. The van der Waals surface area contributed by atoms with E-state index >= 15 is 0 Å². The molecule has 4 aromatic rings. The molecule has 0 spiro atoms. The zero-order valence-corrected chi connectivity index (χ0v) is 21.9. The molecular weight excluding hydrogens is 452 g/mol. The minimum atomic E-state index is -0.205. The van der Waals surface area contributed by atoms with E-state index in [1.807, 2.05) is 12.4 Å². The van der Waals surface area contributed by atoms with Crippen molar-refractivity contribution in [1.82, 2.24) is 34.5 Å². The van der Waals surface area contributed by atoms with Crippen LogP contribution in [0.15, 0.2) is 43.0 Å². The molecule has 3 aromatic heterocycles. The molecule has 5 rings (SSSR count). The molecule has 0 aliphatic carbocycles. The van der Waals surface area contributed by atoms with E-state index in [4.69, 9.17) is 4.98 Å². The lowest BCUT2D eigenvalue weighted by Gasteiger charge is -2.27. The summed E-state index contributed by atoms with van der Waals surface area (Å²) in [4.78, 5) is 31.5. The lowest BCUT2D eigenvalue weighted by atomic mass is 10.0. The maximum absolute atomic E-state index is 12.3. The van der Waals surface area contributed by atoms with Gasteiger partial charge in [-0.15, -0.1) is 0 Å². The van der Waals surface area contributed by atoms with Gasteiger partial charge in [-0.1, -0.05) is 0 Å². The molecule has 1 fully saturated rings. The van der Waals surface area contributed by atoms with Crippen molar-refractivity contribution in [3.63, 3.8) is 0 Å². The fourth-order valence-corrected chi connectivity index (χ4v) is 4.83. The van der Waals surface area contributed by atoms with Crippen LogP contribution in [-0.2, 0) is 0 Å². The highest BCUT2D eigenvalue weighted by atomic mass is 16.2. The second-order valence-corrected chi connectivity index (χ2v) is 10.1. The Morgan fingerprint density at radius 1 is 1.14 bits per heavy atom. The number of carbonyl (C=O) groups is 1. The van der Waals surface area contributed by atoms with Gasteiger partial charge in [0.25, 0.3) is 0 Å². The molecule has 1 unspecified atom stereocenters. The Bertz CT molecular complexity index is 1400. The highest BCUT2D eigenvalue weighted by Gasteiger charge is 2.23. The van der Waals surface area contributed by atoms with E-state index in [2.05, 4.69) is 71.0 Å². The Morgan fingerprint density at radius 3 is 2.64 bits per heavy atom. The number of nitrogens with one attached hydrogen (secondary N) is 1. The number of aromatic amines is 1. The molecule has 9 nitrogen and oxygen atoms in total. The number of anilines is 1. The number of aromatic nitrogens is 5. The number of benzene rings is 1. The molecule has 1 saturated heterocycles. The third-order valence-corrected chi connectivity index (χ3v) is 7.23. The van der Waals surface area contributed by atoms with Gasteiger partial charge >= 0.3 is 6.03 Å². The number of fused-ring (bicyclic) bond motifs is 1. The molecule has 1 N–H and O–H groups in total. The Kier molecular flexibility index (Phi) is 6.26. The van der Waals surface area contributed by atoms with Crippen LogP contribution in [0.1, 0.15) is 38.3 Å². The van der Waals surface area contributed by atoms with Crippen LogP contribution in [0.3, 0.4) is 0 Å². The fourth-order valence-electron chi connectivity index (χ4n) is 4.83. The lowest BCUT2D eigenvalue weighted by molar-refractivity contribution is 0.216. The standard InChI is InChI=1S/C27H34N8O/c1-17-8-7-9-34(17)22-11-19(18(2)32(3)4)10-20(12-22)24-15-29-26-25(31-24)23(14-28-26)21-13-30-35(16-21)27(36)33(5)6/h10-18H,7-9H2,1-6H3,(H,28,29)/t17-,18?/m1/s1. The molecule has 0 saturated carbocycles. The monoisotopic (exact) mass is 486 g/mol. The number of H-pyrrole nitrogens is 1. The largest absolute Gasteiger partial charge is 0.369 e. The second-order valence-electron chi connectivity index (χ2n) is 10.1. The van der Waals surface area contributed by atoms with E-state index in [9.17, 15) is 4.79 Å². The van der Waals surface area contributed by atoms with Gasteiger partial charge in [0.2, 0.25) is 0 Å². The van der Waals surface area contributed by atoms with Crippen molar-refractivity contribution in [2.45, 2.75) is 38.8 Å². The molecule has 1 amide bonds. The van der Waals surface area contributed by atoms with Gasteiger partial charge in [-0.25, -0.2) is 14.8 Å². The van der Waals surface area contributed by atoms with Gasteiger partial charge in [0, 0.05) is 67.5 Å². The van der Waals surface area contributed by atoms with Crippen molar-refractivity contribution in [2.24, 2.45) is 0 Å². The maximum atomic E-state index is 12.3. The zero-order chi connectivity index (χ0) is 25.6. The summed E-state index contributed by atoms with van der Waals surface area (Å²) in [5.41, 5.74) is 7.49. The van der Waals surface area contributed by atoms with Crippen LogP contribution in [0.2, 0.25) is 0 Å². The van der Waals surface area contributed by atoms with Crippen LogP contribution in [0.5, 0.6) is 0 Å². The normalized spacial score (nSPS) is 16.8. The van der Waals surface area contributed by atoms with Crippen molar-refractivity contribution in [1.29, 1.82) is 0 Å². The molecule has 36 heavy (non-hydrogen) atoms. The lowest BCUT2D eigenvalue weighted by Crippen LogP contribution is -2.27. The summed E-state index contributed by atoms with van der Waals surface area (Å²) in [5, 5.41) is 4.24. The van der Waals surface area contributed by atoms with E-state index in [0.717, 1.165) is 34.4 Å². The van der Waals surface area contributed by atoms with Crippen LogP contribution in [0.4, 0.5) is 10.5 Å². The highest BCUT2D eigenvalue weighted by molar-refractivity contribution is 5.92. The summed E-state index contributed by atoms with van der Waals surface area (Å²) in [6, 6.07) is 7.37. The average Bonchev–Trinajstić information content (AvgIpc) is 3.61. The number of nitrogens with zero attached hydrogens (tertiary/aromatic N) is 7. The highest BCUT2D eigenvalue weighted by Crippen LogP contribution is 2.34. The summed E-state index contributed by atoms with van der Waals surface area (Å²) in [5.74, 6) is 0. The molecule has 1 aliphatic heterocycles. The molecule has 0 bridgehead atoms. The number of carbonyl (C=O) groups excluding carboxylic acids is 1. The minimum Gasteiger partial charge on any atom is -0.369 e. The number of amides is 1. The molecule has 0 radical (unpaired) electrons. The van der Waals surface area contributed by atoms with E-state index in [0.29, 0.717) is 11.7 Å². The summed E-state index contributed by atoms with van der Waals surface area (Å²) in [6.45, 7) is 5.60. The van der Waals surface area contributed by atoms with E-state index in [-0.39, 0.29) is 12.1 Å². The summed E-state index contributed by atoms with van der Waals surface area (Å²) in [7, 11) is 7.62. The van der Waals surface area contributed by atoms with Crippen LogP contribution in [0, 0.1) is 0 Å². The van der Waals surface area contributed by atoms with Crippen molar-refractivity contribution in [2.75, 3.05) is 39.6 Å². The SMILES string of the molecule is CC(c1cc(-c2cnc3[nH]cc(-c4cnn(C(=O)N(C)C)c4)c3n2)cc(N2CCC[C@H]2C)c1)N(C)C. The van der Waals surface area contributed by atoms with Crippen LogP contribution in [0.25, 0.3) is 33.5 Å². The van der Waals surface area contributed by atoms with Crippen LogP contribution >= 0.6 is 0 Å². The Balaban J connectivity index is 1.59. The first-order valence-corrected chi connectivity index (χ1v) is 12.4. The summed E-state index contributed by atoms with van der Waals surface area (Å²) in [6.07, 6.45) is 9.55. The molecule has 9 heteroatoms. The third kappa shape index (κ3) is 4.35. The second kappa shape index (κ2) is 9.39. The van der Waals surface area contributed by atoms with Gasteiger partial charge in [-0.05, 0) is 64.5 Å². The van der Waals surface area contributed by atoms with E-state index in [1.165, 1.54) is 33.7 Å². The summed E-state index contributed by atoms with van der Waals surface area (Å²) >= 11 is 0. The van der Waals surface area contributed by atoms with Gasteiger partial charge in [0.05, 0.1) is 18.1 Å². The summed E-state index contributed by atoms with van der Waals surface area (Å²) < 4.78 is 1.33. The molecule has 2 atom stereocenters. The van der Waals surface area contributed by atoms with Gasteiger partial charge in [0.1, 0.15) is 5.52 Å². The van der Waals surface area contributed by atoms with Crippen LogP contribution < -0.4 is 4.90 Å². The first-order valence-electron chi connectivity index (χ1n) is 12.4. The minimum absolute atomic E-state index is 0.205. The number of rotatable bonds is 5. The predicted molar refractivity (Wildman–Crippen MR) is 143 cm³/mol. The maximum Gasteiger partial charge on any atom is 0.344 e. The Morgan fingerprint density at radius 2 is 1.94 bits per heavy atom.